The van der Waals surface area contributed by atoms with Gasteiger partial charge in [-0.05, 0) is 6.08 Å². The molecule has 68 valence electrons. The molecule has 1 rings (SSSR count). The molecule has 0 aliphatic heterocycles. The molecule has 1 aromatic heterocycles. The quantitative estimate of drug-likeness (QED) is 0.561. The predicted molar refractivity (Wildman–Crippen MR) is 52.7 cm³/mol. The zero-order valence-corrected chi connectivity index (χ0v) is 7.40. The van der Waals surface area contributed by atoms with Crippen molar-refractivity contribution in [3.8, 4) is 0 Å². The van der Waals surface area contributed by atoms with Crippen molar-refractivity contribution in [1.82, 2.24) is 5.16 Å². The molecular weight excluding hydrogens is 166 g/mol. The molecule has 0 atom stereocenters. The molecule has 2 N–H and O–H groups in total. The summed E-state index contributed by atoms with van der Waals surface area (Å²) < 4.78 is 4.71. The Hall–Kier alpha value is -1.84. The van der Waals surface area contributed by atoms with E-state index in [1.807, 2.05) is 0 Å². The fourth-order valence-corrected chi connectivity index (χ4v) is 0.885. The Bertz CT molecular complexity index is 349. The van der Waals surface area contributed by atoms with Crippen LogP contribution in [0.5, 0.6) is 0 Å². The Morgan fingerprint density at radius 1 is 1.77 bits per heavy atom. The number of nitrogens with two attached hydrogens (primary N) is 1. The Balaban J connectivity index is 2.98. The Kier molecular flexibility index (Phi) is 3.03. The summed E-state index contributed by atoms with van der Waals surface area (Å²) in [5, 5.41) is 3.56. The number of hydrogen-bond donors (Lipinski definition) is 1. The molecule has 0 unspecified atom stereocenters. The summed E-state index contributed by atoms with van der Waals surface area (Å²) in [4.78, 5) is 4.03. The van der Waals surface area contributed by atoms with E-state index >= 15 is 0 Å². The van der Waals surface area contributed by atoms with Crippen LogP contribution in [0.4, 0.5) is 5.88 Å². The number of nitrogens with zero attached hydrogens (tertiary/aromatic N) is 2. The van der Waals surface area contributed by atoms with E-state index in [2.05, 4.69) is 16.7 Å². The molecule has 4 nitrogen and oxygen atoms in total. The molecule has 0 saturated heterocycles. The second kappa shape index (κ2) is 4.25. The third-order valence-electron chi connectivity index (χ3n) is 1.51. The van der Waals surface area contributed by atoms with Crippen molar-refractivity contribution in [3.63, 3.8) is 0 Å². The van der Waals surface area contributed by atoms with Gasteiger partial charge in [0.25, 0.3) is 0 Å². The van der Waals surface area contributed by atoms with Crippen molar-refractivity contribution in [2.24, 2.45) is 4.99 Å². The maximum atomic E-state index is 5.52. The molecule has 0 spiro atoms. The van der Waals surface area contributed by atoms with Crippen LogP contribution in [-0.2, 0) is 0 Å². The zero-order valence-electron chi connectivity index (χ0n) is 7.40. The van der Waals surface area contributed by atoms with Crippen LogP contribution in [0.15, 0.2) is 40.5 Å². The molecule has 0 aromatic carbocycles. The SMILES string of the molecule is C=C/C=C\C(=NC)c1cnoc1N. The van der Waals surface area contributed by atoms with Crippen molar-refractivity contribution >= 4 is 11.6 Å². The van der Waals surface area contributed by atoms with Crippen LogP contribution in [0, 0.1) is 0 Å². The van der Waals surface area contributed by atoms with Crippen molar-refractivity contribution in [3.05, 3.63) is 36.6 Å². The summed E-state index contributed by atoms with van der Waals surface area (Å²) in [5.74, 6) is 0.273. The van der Waals surface area contributed by atoms with E-state index in [0.717, 1.165) is 5.71 Å². The average Bonchev–Trinajstić information content (AvgIpc) is 2.54. The van der Waals surface area contributed by atoms with Crippen molar-refractivity contribution in [2.45, 2.75) is 0 Å². The number of nitrogen functional groups attached to an aromatic ring is 1. The van der Waals surface area contributed by atoms with Gasteiger partial charge in [0.2, 0.25) is 5.88 Å². The molecule has 0 aliphatic rings. The fraction of sp³-hybridized carbons (Fsp3) is 0.111. The van der Waals surface area contributed by atoms with Crippen LogP contribution in [0.1, 0.15) is 5.56 Å². The lowest BCUT2D eigenvalue weighted by atomic mass is 10.2. The van der Waals surface area contributed by atoms with Gasteiger partial charge in [-0.25, -0.2) is 0 Å². The number of anilines is 1. The molecule has 13 heavy (non-hydrogen) atoms. The predicted octanol–water partition coefficient (Wildman–Crippen LogP) is 1.42. The Labute approximate surface area is 76.4 Å². The van der Waals surface area contributed by atoms with Gasteiger partial charge in [0.05, 0.1) is 17.5 Å². The Morgan fingerprint density at radius 2 is 2.54 bits per heavy atom. The van der Waals surface area contributed by atoms with Crippen LogP contribution >= 0.6 is 0 Å². The molecule has 0 fully saturated rings. The lowest BCUT2D eigenvalue weighted by Crippen LogP contribution is -1.98. The van der Waals surface area contributed by atoms with Crippen molar-refractivity contribution in [2.75, 3.05) is 12.8 Å². The van der Waals surface area contributed by atoms with Gasteiger partial charge in [0, 0.05) is 7.05 Å². The van der Waals surface area contributed by atoms with Gasteiger partial charge in [-0.1, -0.05) is 23.9 Å². The number of aliphatic imine (C=N–C) groups is 1. The monoisotopic (exact) mass is 177 g/mol. The standard InChI is InChI=1S/C9H11N3O/c1-3-4-5-8(11-2)7-6-12-13-9(7)10/h3-6H,1,10H2,2H3/b5-4-,11-8?. The molecule has 0 radical (unpaired) electrons. The van der Waals surface area contributed by atoms with Gasteiger partial charge in [-0.2, -0.15) is 0 Å². The van der Waals surface area contributed by atoms with E-state index in [1.165, 1.54) is 6.20 Å². The summed E-state index contributed by atoms with van der Waals surface area (Å²) in [6.07, 6.45) is 6.75. The summed E-state index contributed by atoms with van der Waals surface area (Å²) in [6, 6.07) is 0. The third-order valence-corrected chi connectivity index (χ3v) is 1.51. The molecular formula is C9H11N3O. The van der Waals surface area contributed by atoms with Crippen LogP contribution in [0.2, 0.25) is 0 Å². The average molecular weight is 177 g/mol. The first-order valence-corrected chi connectivity index (χ1v) is 3.76. The molecule has 0 amide bonds. The van der Waals surface area contributed by atoms with E-state index in [0.29, 0.717) is 5.56 Å². The van der Waals surface area contributed by atoms with E-state index in [9.17, 15) is 0 Å². The van der Waals surface area contributed by atoms with Gasteiger partial charge in [-0.3, -0.25) is 4.99 Å². The maximum Gasteiger partial charge on any atom is 0.231 e. The van der Waals surface area contributed by atoms with E-state index < -0.39 is 0 Å². The first-order valence-electron chi connectivity index (χ1n) is 3.76. The van der Waals surface area contributed by atoms with Crippen LogP contribution in [0.3, 0.4) is 0 Å². The number of aromatic nitrogens is 1. The third kappa shape index (κ3) is 2.05. The summed E-state index contributed by atoms with van der Waals surface area (Å²) in [5.41, 5.74) is 6.94. The molecule has 0 aliphatic carbocycles. The highest BCUT2D eigenvalue weighted by Gasteiger charge is 2.07. The normalized spacial score (nSPS) is 12.2. The highest BCUT2D eigenvalue weighted by molar-refractivity contribution is 6.11. The summed E-state index contributed by atoms with van der Waals surface area (Å²) in [7, 11) is 1.68. The topological polar surface area (TPSA) is 64.4 Å². The van der Waals surface area contributed by atoms with E-state index in [4.69, 9.17) is 10.3 Å². The number of allylic oxidation sites excluding steroid dienone is 3. The highest BCUT2D eigenvalue weighted by atomic mass is 16.5. The smallest absolute Gasteiger partial charge is 0.231 e. The lowest BCUT2D eigenvalue weighted by molar-refractivity contribution is 0.436. The first kappa shape index (κ1) is 9.25. The zero-order chi connectivity index (χ0) is 9.68. The van der Waals surface area contributed by atoms with Crippen molar-refractivity contribution < 1.29 is 4.52 Å². The minimum atomic E-state index is 0.273. The Morgan fingerprint density at radius 3 is 3.00 bits per heavy atom. The van der Waals surface area contributed by atoms with Crippen LogP contribution in [0.25, 0.3) is 0 Å². The van der Waals surface area contributed by atoms with Crippen molar-refractivity contribution in [1.29, 1.82) is 0 Å². The molecule has 1 heterocycles. The summed E-state index contributed by atoms with van der Waals surface area (Å²) >= 11 is 0. The molecule has 1 aromatic rings. The van der Waals surface area contributed by atoms with Crippen LogP contribution < -0.4 is 5.73 Å². The molecule has 0 saturated carbocycles. The minimum Gasteiger partial charge on any atom is -0.367 e. The van der Waals surface area contributed by atoms with Gasteiger partial charge in [-0.15, -0.1) is 0 Å². The van der Waals surface area contributed by atoms with Gasteiger partial charge < -0.3 is 10.3 Å². The van der Waals surface area contributed by atoms with Crippen LogP contribution in [-0.4, -0.2) is 17.9 Å². The summed E-state index contributed by atoms with van der Waals surface area (Å²) in [6.45, 7) is 3.56. The first-order chi connectivity index (χ1) is 6.29. The van der Waals surface area contributed by atoms with E-state index in [1.54, 1.807) is 25.3 Å². The fourth-order valence-electron chi connectivity index (χ4n) is 0.885. The number of hydrogen-bond acceptors (Lipinski definition) is 4. The highest BCUT2D eigenvalue weighted by Crippen LogP contribution is 2.11. The molecule has 0 bridgehead atoms. The largest absolute Gasteiger partial charge is 0.367 e. The second-order valence-electron chi connectivity index (χ2n) is 2.31. The van der Waals surface area contributed by atoms with Gasteiger partial charge in [0.1, 0.15) is 0 Å². The van der Waals surface area contributed by atoms with Gasteiger partial charge >= 0.3 is 0 Å². The second-order valence-corrected chi connectivity index (χ2v) is 2.31. The van der Waals surface area contributed by atoms with Gasteiger partial charge in [0.15, 0.2) is 0 Å². The maximum absolute atomic E-state index is 5.52. The van der Waals surface area contributed by atoms with E-state index in [-0.39, 0.29) is 5.88 Å². The lowest BCUT2D eigenvalue weighted by Gasteiger charge is -1.94. The number of rotatable bonds is 3. The minimum absolute atomic E-state index is 0.273. The molecule has 4 heteroatoms.